The molecule has 0 aliphatic carbocycles. The van der Waals surface area contributed by atoms with Gasteiger partial charge in [-0.25, -0.2) is 0 Å². The van der Waals surface area contributed by atoms with Crippen LogP contribution in [0, 0.1) is 0 Å². The Kier molecular flexibility index (Phi) is 6.86. The molecule has 0 unspecified atom stereocenters. The Labute approximate surface area is 251 Å². The molecule has 40 heavy (non-hydrogen) atoms. The predicted molar refractivity (Wildman–Crippen MR) is 165 cm³/mol. The molecule has 1 aliphatic rings. The standard InChI is InChI=1S/C35H36N4.Pt/c1-21-33(3,4)29-23-15-9-11-17-25(23)31(38-29)35(7,8)32-26-18-12-10-16-24(26)30(39-32)34(5,6)22(2)37-28-20-14-13-19-27(28)36-21;/h9-20H,1-8H3;/q-2;+2. The van der Waals surface area contributed by atoms with Crippen molar-refractivity contribution in [3.05, 3.63) is 95.6 Å². The van der Waals surface area contributed by atoms with Crippen LogP contribution in [0.2, 0.25) is 0 Å². The summed E-state index contributed by atoms with van der Waals surface area (Å²) in [4.78, 5) is 21.3. The predicted octanol–water partition coefficient (Wildman–Crippen LogP) is 8.68. The molecule has 0 amide bonds. The Morgan fingerprint density at radius 2 is 0.725 bits per heavy atom. The van der Waals surface area contributed by atoms with Crippen LogP contribution in [-0.2, 0) is 37.3 Å². The smallest absolute Gasteiger partial charge is 0.662 e. The molecule has 0 spiro atoms. The van der Waals surface area contributed by atoms with Crippen LogP contribution < -0.4 is 9.97 Å². The van der Waals surface area contributed by atoms with Crippen molar-refractivity contribution >= 4 is 44.3 Å². The fraction of sp³-hybridized carbons (Fsp3) is 0.314. The summed E-state index contributed by atoms with van der Waals surface area (Å²) in [6.07, 6.45) is 0. The molecule has 1 aliphatic heterocycles. The first-order chi connectivity index (χ1) is 18.4. The van der Waals surface area contributed by atoms with Crippen molar-refractivity contribution in [3.8, 4) is 0 Å². The number of aromatic nitrogens is 2. The first-order valence-corrected chi connectivity index (χ1v) is 13.8. The van der Waals surface area contributed by atoms with E-state index in [0.717, 1.165) is 45.6 Å². The van der Waals surface area contributed by atoms with Gasteiger partial charge in [-0.2, -0.15) is 0 Å². The summed E-state index contributed by atoms with van der Waals surface area (Å²) >= 11 is 0. The molecular formula is C35H36N4Pt. The number of hydrogen-bond donors (Lipinski definition) is 0. The van der Waals surface area contributed by atoms with E-state index in [1.54, 1.807) is 0 Å². The fourth-order valence-electron chi connectivity index (χ4n) is 5.91. The molecule has 3 heterocycles. The zero-order valence-electron chi connectivity index (χ0n) is 24.5. The van der Waals surface area contributed by atoms with E-state index in [2.05, 4.69) is 116 Å². The van der Waals surface area contributed by atoms with Crippen LogP contribution in [0.5, 0.6) is 0 Å². The summed E-state index contributed by atoms with van der Waals surface area (Å²) in [5.74, 6) is 0. The molecule has 6 rings (SSSR count). The number of para-hydroxylation sites is 2. The number of fused-ring (bicyclic) bond motifs is 11. The minimum Gasteiger partial charge on any atom is -0.662 e. The molecule has 4 bridgehead atoms. The van der Waals surface area contributed by atoms with Crippen molar-refractivity contribution in [1.29, 1.82) is 0 Å². The molecule has 0 atom stereocenters. The summed E-state index contributed by atoms with van der Waals surface area (Å²) in [5.41, 5.74) is 6.72. The van der Waals surface area contributed by atoms with E-state index in [-0.39, 0.29) is 21.1 Å². The maximum Gasteiger partial charge on any atom is 2.00 e. The topological polar surface area (TPSA) is 52.9 Å². The van der Waals surface area contributed by atoms with E-state index in [1.807, 2.05) is 12.1 Å². The van der Waals surface area contributed by atoms with Gasteiger partial charge >= 0.3 is 21.1 Å². The van der Waals surface area contributed by atoms with Gasteiger partial charge in [0.2, 0.25) is 0 Å². The Morgan fingerprint density at radius 3 is 1.05 bits per heavy atom. The van der Waals surface area contributed by atoms with Gasteiger partial charge in [0.15, 0.2) is 0 Å². The molecule has 0 saturated heterocycles. The first kappa shape index (κ1) is 28.3. The van der Waals surface area contributed by atoms with Crippen LogP contribution in [0.25, 0.3) is 21.5 Å². The van der Waals surface area contributed by atoms with Gasteiger partial charge < -0.3 is 9.97 Å². The Hall–Kier alpha value is -3.23. The molecule has 0 N–H and O–H groups in total. The second-order valence-corrected chi connectivity index (χ2v) is 12.5. The maximum atomic E-state index is 5.45. The average Bonchev–Trinajstić information content (AvgIpc) is 3.50. The maximum absolute atomic E-state index is 5.45. The minimum atomic E-state index is -0.429. The van der Waals surface area contributed by atoms with Crippen LogP contribution >= 0.6 is 0 Å². The molecule has 0 fully saturated rings. The van der Waals surface area contributed by atoms with E-state index >= 15 is 0 Å². The van der Waals surface area contributed by atoms with Crippen molar-refractivity contribution in [2.75, 3.05) is 0 Å². The normalized spacial score (nSPS) is 17.7. The van der Waals surface area contributed by atoms with Crippen molar-refractivity contribution in [3.63, 3.8) is 0 Å². The van der Waals surface area contributed by atoms with Crippen molar-refractivity contribution in [2.24, 2.45) is 9.98 Å². The first-order valence-electron chi connectivity index (χ1n) is 13.8. The van der Waals surface area contributed by atoms with E-state index in [0.29, 0.717) is 0 Å². The molecule has 3 aromatic carbocycles. The molecule has 5 heteroatoms. The summed E-state index contributed by atoms with van der Waals surface area (Å²) in [5, 5.41) is 4.70. The molecule has 4 nitrogen and oxygen atoms in total. The Bertz CT molecular complexity index is 1680. The second kappa shape index (κ2) is 9.70. The Morgan fingerprint density at radius 1 is 0.450 bits per heavy atom. The van der Waals surface area contributed by atoms with Gasteiger partial charge in [0, 0.05) is 22.3 Å². The SMILES string of the molecule is CC1=Nc2ccccc2N=C(C)C(C)(C)c2[n-]c(c3ccccc23)C(C)(C)c2[n-]c(c3ccccc23)C1(C)C.[Pt+2]. The summed E-state index contributed by atoms with van der Waals surface area (Å²) in [7, 11) is 0. The monoisotopic (exact) mass is 707 g/mol. The van der Waals surface area contributed by atoms with Gasteiger partial charge in [0.1, 0.15) is 0 Å². The van der Waals surface area contributed by atoms with Crippen molar-refractivity contribution in [1.82, 2.24) is 9.97 Å². The molecule has 0 saturated carbocycles. The van der Waals surface area contributed by atoms with E-state index in [4.69, 9.17) is 20.0 Å². The number of hydrogen-bond acceptors (Lipinski definition) is 2. The van der Waals surface area contributed by atoms with Crippen LogP contribution in [0.1, 0.15) is 78.2 Å². The van der Waals surface area contributed by atoms with Gasteiger partial charge in [-0.3, -0.25) is 9.98 Å². The van der Waals surface area contributed by atoms with Gasteiger partial charge in [-0.05, 0) is 52.9 Å². The molecule has 5 aromatic rings. The fourth-order valence-corrected chi connectivity index (χ4v) is 5.91. The third-order valence-electron chi connectivity index (χ3n) is 8.96. The zero-order valence-corrected chi connectivity index (χ0v) is 26.8. The quantitative estimate of drug-likeness (QED) is 0.162. The molecule has 206 valence electrons. The van der Waals surface area contributed by atoms with Crippen LogP contribution in [-0.4, -0.2) is 11.4 Å². The number of nitrogens with zero attached hydrogens (tertiary/aromatic N) is 4. The van der Waals surface area contributed by atoms with Gasteiger partial charge in [-0.15, -0.1) is 22.8 Å². The molecule has 2 aromatic heterocycles. The van der Waals surface area contributed by atoms with E-state index in [9.17, 15) is 0 Å². The summed E-state index contributed by atoms with van der Waals surface area (Å²) < 4.78 is 0. The van der Waals surface area contributed by atoms with E-state index < -0.39 is 16.2 Å². The van der Waals surface area contributed by atoms with Gasteiger partial charge in [0.05, 0.1) is 11.4 Å². The zero-order chi connectivity index (χ0) is 27.7. The van der Waals surface area contributed by atoms with Gasteiger partial charge in [-0.1, -0.05) is 102 Å². The van der Waals surface area contributed by atoms with E-state index in [1.165, 1.54) is 21.5 Å². The minimum absolute atomic E-state index is 0. The van der Waals surface area contributed by atoms with Crippen LogP contribution in [0.3, 0.4) is 0 Å². The largest absolute Gasteiger partial charge is 2.00 e. The number of aliphatic imine (C=N–C) groups is 2. The van der Waals surface area contributed by atoms with Crippen molar-refractivity contribution in [2.45, 2.75) is 71.6 Å². The van der Waals surface area contributed by atoms with Crippen molar-refractivity contribution < 1.29 is 21.1 Å². The second-order valence-electron chi connectivity index (χ2n) is 12.5. The third kappa shape index (κ3) is 4.15. The molecular weight excluding hydrogens is 671 g/mol. The van der Waals surface area contributed by atoms with Crippen LogP contribution in [0.15, 0.2) is 82.8 Å². The molecule has 0 radical (unpaired) electrons. The average molecular weight is 708 g/mol. The summed E-state index contributed by atoms with van der Waals surface area (Å²) in [6, 6.07) is 25.4. The Balaban J connectivity index is 0.00000323. The number of benzene rings is 3. The van der Waals surface area contributed by atoms with Gasteiger partial charge in [0.25, 0.3) is 0 Å². The third-order valence-corrected chi connectivity index (χ3v) is 8.96. The number of rotatable bonds is 0. The summed E-state index contributed by atoms with van der Waals surface area (Å²) in [6.45, 7) is 17.7. The van der Waals surface area contributed by atoms with Crippen LogP contribution in [0.4, 0.5) is 11.4 Å².